The summed E-state index contributed by atoms with van der Waals surface area (Å²) >= 11 is 6.31. The first-order chi connectivity index (χ1) is 18.5. The van der Waals surface area contributed by atoms with E-state index in [-0.39, 0.29) is 26.4 Å². The number of fused-ring (bicyclic) bond motifs is 1. The Morgan fingerprint density at radius 2 is 1.82 bits per heavy atom. The number of alkyl halides is 3. The van der Waals surface area contributed by atoms with E-state index in [4.69, 9.17) is 29.7 Å². The molecule has 1 spiro atoms. The Balaban J connectivity index is 1.76. The SMILES string of the molecule is CCCN(C1=NC(c2ccc(C(F)(F)F)cc2Cl)=C(C)S12OC(=O)C(=O)O2)c1c(OC)ccc2cnccc12. The molecule has 0 unspecified atom stereocenters. The van der Waals surface area contributed by atoms with Crippen molar-refractivity contribution in [2.75, 3.05) is 18.6 Å². The maximum atomic E-state index is 13.3. The molecule has 3 aromatic rings. The quantitative estimate of drug-likeness (QED) is 0.314. The second-order valence-electron chi connectivity index (χ2n) is 8.60. The Labute approximate surface area is 227 Å². The van der Waals surface area contributed by atoms with Crippen molar-refractivity contribution < 1.29 is 35.9 Å². The highest BCUT2D eigenvalue weighted by atomic mass is 35.5. The van der Waals surface area contributed by atoms with Crippen molar-refractivity contribution in [1.29, 1.82) is 0 Å². The molecule has 8 nitrogen and oxygen atoms in total. The number of methoxy groups -OCH3 is 1. The number of amidine groups is 1. The lowest BCUT2D eigenvalue weighted by Gasteiger charge is -2.39. The summed E-state index contributed by atoms with van der Waals surface area (Å²) in [6.45, 7) is 3.81. The van der Waals surface area contributed by atoms with Crippen LogP contribution in [0.15, 0.2) is 58.7 Å². The highest BCUT2D eigenvalue weighted by molar-refractivity contribution is 8.42. The van der Waals surface area contributed by atoms with Gasteiger partial charge in [-0.15, -0.1) is 0 Å². The van der Waals surface area contributed by atoms with Crippen LogP contribution in [0.3, 0.4) is 0 Å². The van der Waals surface area contributed by atoms with Crippen LogP contribution in [0, 0.1) is 0 Å². The van der Waals surface area contributed by atoms with Crippen LogP contribution in [0.2, 0.25) is 5.02 Å². The number of hydrogen-bond acceptors (Lipinski definition) is 8. The van der Waals surface area contributed by atoms with Gasteiger partial charge in [0.15, 0.2) is 0 Å². The lowest BCUT2D eigenvalue weighted by atomic mass is 10.1. The molecule has 1 aromatic heterocycles. The highest BCUT2D eigenvalue weighted by Crippen LogP contribution is 2.68. The Kier molecular flexibility index (Phi) is 6.71. The molecule has 1 saturated heterocycles. The van der Waals surface area contributed by atoms with Gasteiger partial charge in [-0.2, -0.15) is 13.2 Å². The van der Waals surface area contributed by atoms with E-state index in [1.54, 1.807) is 36.4 Å². The Hall–Kier alpha value is -3.77. The number of hydrogen-bond donors (Lipinski definition) is 0. The van der Waals surface area contributed by atoms with E-state index < -0.39 is 34.3 Å². The number of halogens is 4. The first-order valence-corrected chi connectivity index (χ1v) is 13.5. The van der Waals surface area contributed by atoms with Crippen LogP contribution in [-0.4, -0.2) is 35.7 Å². The number of ether oxygens (including phenoxy) is 1. The molecular weight excluding hydrogens is 559 g/mol. The monoisotopic (exact) mass is 579 g/mol. The predicted molar refractivity (Wildman–Crippen MR) is 142 cm³/mol. The van der Waals surface area contributed by atoms with Crippen LogP contribution >= 0.6 is 22.2 Å². The fourth-order valence-corrected chi connectivity index (χ4v) is 7.07. The van der Waals surface area contributed by atoms with E-state index in [0.717, 1.165) is 22.9 Å². The lowest BCUT2D eigenvalue weighted by molar-refractivity contribution is -0.150. The first kappa shape index (κ1) is 26.8. The zero-order valence-electron chi connectivity index (χ0n) is 20.8. The van der Waals surface area contributed by atoms with Crippen molar-refractivity contribution in [3.05, 3.63) is 69.8 Å². The van der Waals surface area contributed by atoms with Crippen molar-refractivity contribution in [1.82, 2.24) is 4.98 Å². The molecule has 0 saturated carbocycles. The standard InChI is InChI=1S/C26H21ClF3N3O5S/c1-4-11-33(22-17-9-10-31-13-15(17)5-8-20(22)36-3)25-32-21(14(2)39(25)37-23(34)24(35)38-39)18-7-6-16(12-19(18)27)26(28,29)30/h5-10,12-13H,4,11H2,1-3H3. The van der Waals surface area contributed by atoms with Gasteiger partial charge in [-0.25, -0.2) is 14.6 Å². The van der Waals surface area contributed by atoms with E-state index in [1.807, 2.05) is 13.0 Å². The van der Waals surface area contributed by atoms with Crippen LogP contribution < -0.4 is 9.64 Å². The minimum Gasteiger partial charge on any atom is -0.495 e. The number of nitrogens with zero attached hydrogens (tertiary/aromatic N) is 3. The molecule has 0 N–H and O–H groups in total. The molecule has 0 atom stereocenters. The third kappa shape index (κ3) is 4.37. The molecule has 2 aliphatic rings. The summed E-state index contributed by atoms with van der Waals surface area (Å²) in [6.07, 6.45) is -0.720. The predicted octanol–water partition coefficient (Wildman–Crippen LogP) is 6.62. The molecule has 2 aromatic carbocycles. The molecular formula is C26H21ClF3N3O5S. The fraction of sp³-hybridized carbons (Fsp3) is 0.231. The van der Waals surface area contributed by atoms with Crippen molar-refractivity contribution in [2.45, 2.75) is 26.4 Å². The number of benzene rings is 2. The van der Waals surface area contributed by atoms with Gasteiger partial charge in [-0.3, -0.25) is 4.98 Å². The van der Waals surface area contributed by atoms with Gasteiger partial charge >= 0.3 is 18.1 Å². The molecule has 39 heavy (non-hydrogen) atoms. The van der Waals surface area contributed by atoms with Gasteiger partial charge in [-0.1, -0.05) is 24.6 Å². The van der Waals surface area contributed by atoms with Gasteiger partial charge in [0, 0.05) is 35.3 Å². The molecule has 13 heteroatoms. The third-order valence-corrected chi connectivity index (χ3v) is 9.09. The van der Waals surface area contributed by atoms with Gasteiger partial charge in [-0.05, 0) is 54.3 Å². The van der Waals surface area contributed by atoms with Crippen LogP contribution in [0.5, 0.6) is 5.75 Å². The molecule has 204 valence electrons. The summed E-state index contributed by atoms with van der Waals surface area (Å²) in [4.78, 5) is 35.7. The summed E-state index contributed by atoms with van der Waals surface area (Å²) in [5, 5.41) is 1.41. The largest absolute Gasteiger partial charge is 0.495 e. The molecule has 3 heterocycles. The van der Waals surface area contributed by atoms with Crippen molar-refractivity contribution in [3.8, 4) is 5.75 Å². The molecule has 5 rings (SSSR count). The summed E-state index contributed by atoms with van der Waals surface area (Å²) in [5.41, 5.74) is -0.0626. The van der Waals surface area contributed by atoms with E-state index >= 15 is 0 Å². The third-order valence-electron chi connectivity index (χ3n) is 6.21. The Bertz CT molecular complexity index is 1570. The maximum Gasteiger partial charge on any atom is 0.442 e. The average Bonchev–Trinajstić information content (AvgIpc) is 3.35. The normalized spacial score (nSPS) is 17.4. The zero-order chi connectivity index (χ0) is 28.1. The van der Waals surface area contributed by atoms with Gasteiger partial charge in [0.1, 0.15) is 5.75 Å². The van der Waals surface area contributed by atoms with E-state index in [2.05, 4.69) is 4.98 Å². The number of anilines is 1. The zero-order valence-corrected chi connectivity index (χ0v) is 22.4. The molecule has 0 amide bonds. The van der Waals surface area contributed by atoms with Crippen LogP contribution in [-0.2, 0) is 24.1 Å². The van der Waals surface area contributed by atoms with Crippen molar-refractivity contribution >= 4 is 61.5 Å². The average molecular weight is 580 g/mol. The minimum atomic E-state index is -4.60. The number of allylic oxidation sites excluding steroid dienone is 1. The molecule has 0 radical (unpaired) electrons. The van der Waals surface area contributed by atoms with Crippen LogP contribution in [0.4, 0.5) is 18.9 Å². The molecule has 1 fully saturated rings. The number of carbonyl (C=O) groups excluding carboxylic acids is 2. The smallest absolute Gasteiger partial charge is 0.442 e. The summed E-state index contributed by atoms with van der Waals surface area (Å²) in [5.74, 6) is -1.92. The number of aliphatic imine (C=N–C) groups is 1. The van der Waals surface area contributed by atoms with Crippen molar-refractivity contribution in [2.24, 2.45) is 4.99 Å². The summed E-state index contributed by atoms with van der Waals surface area (Å²) in [6, 6.07) is 8.24. The fourth-order valence-electron chi connectivity index (χ4n) is 4.44. The Morgan fingerprint density at radius 3 is 2.44 bits per heavy atom. The minimum absolute atomic E-state index is 0.106. The summed E-state index contributed by atoms with van der Waals surface area (Å²) in [7, 11) is -1.75. The highest BCUT2D eigenvalue weighted by Gasteiger charge is 2.53. The van der Waals surface area contributed by atoms with E-state index in [0.29, 0.717) is 24.4 Å². The number of rotatable bonds is 5. The second kappa shape index (κ2) is 9.76. The molecule has 0 aliphatic carbocycles. The summed E-state index contributed by atoms with van der Waals surface area (Å²) < 4.78 is 56.8. The van der Waals surface area contributed by atoms with E-state index in [9.17, 15) is 22.8 Å². The van der Waals surface area contributed by atoms with Gasteiger partial charge < -0.3 is 18.0 Å². The van der Waals surface area contributed by atoms with Gasteiger partial charge in [0.2, 0.25) is 5.17 Å². The number of pyridine rings is 1. The second-order valence-corrected chi connectivity index (χ2v) is 11.3. The lowest BCUT2D eigenvalue weighted by Crippen LogP contribution is -2.35. The van der Waals surface area contributed by atoms with E-state index in [1.165, 1.54) is 13.2 Å². The molecule has 2 aliphatic heterocycles. The number of aromatic nitrogens is 1. The van der Waals surface area contributed by atoms with Gasteiger partial charge in [0.05, 0.1) is 34.0 Å². The topological polar surface area (TPSA) is 90.3 Å². The van der Waals surface area contributed by atoms with Crippen LogP contribution in [0.1, 0.15) is 31.4 Å². The maximum absolute atomic E-state index is 13.3. The first-order valence-electron chi connectivity index (χ1n) is 11.7. The van der Waals surface area contributed by atoms with Crippen molar-refractivity contribution in [3.63, 3.8) is 0 Å². The molecule has 0 bridgehead atoms. The number of carbonyl (C=O) groups is 2. The van der Waals surface area contributed by atoms with Gasteiger partial charge in [0.25, 0.3) is 0 Å². The Morgan fingerprint density at radius 1 is 1.10 bits per heavy atom. The van der Waals surface area contributed by atoms with Crippen LogP contribution in [0.25, 0.3) is 16.5 Å².